The van der Waals surface area contributed by atoms with Crippen LogP contribution in [0.4, 0.5) is 5.82 Å². The van der Waals surface area contributed by atoms with Crippen molar-refractivity contribution in [3.63, 3.8) is 0 Å². The van der Waals surface area contributed by atoms with E-state index in [-0.39, 0.29) is 0 Å². The summed E-state index contributed by atoms with van der Waals surface area (Å²) in [6, 6.07) is 5.99. The minimum atomic E-state index is 0.323. The van der Waals surface area contributed by atoms with Crippen LogP contribution in [-0.4, -0.2) is 55.1 Å². The van der Waals surface area contributed by atoms with Gasteiger partial charge < -0.3 is 15.1 Å². The van der Waals surface area contributed by atoms with Gasteiger partial charge in [0.15, 0.2) is 0 Å². The summed E-state index contributed by atoms with van der Waals surface area (Å²) in [6.07, 6.45) is 5.02. The second kappa shape index (κ2) is 7.77. The SMILES string of the molecule is CC(CC(=O)N1CCN(c2ccccn2)CC1)C1CCCNC1. The number of hydrogen-bond donors (Lipinski definition) is 1. The first-order chi connectivity index (χ1) is 11.2. The summed E-state index contributed by atoms with van der Waals surface area (Å²) in [5, 5.41) is 3.45. The van der Waals surface area contributed by atoms with Gasteiger partial charge in [0.2, 0.25) is 5.91 Å². The summed E-state index contributed by atoms with van der Waals surface area (Å²) in [5.74, 6) is 2.47. The van der Waals surface area contributed by atoms with Crippen molar-refractivity contribution in [1.82, 2.24) is 15.2 Å². The smallest absolute Gasteiger partial charge is 0.222 e. The van der Waals surface area contributed by atoms with Gasteiger partial charge in [-0.1, -0.05) is 13.0 Å². The van der Waals surface area contributed by atoms with Crippen molar-refractivity contribution >= 4 is 11.7 Å². The fraction of sp³-hybridized carbons (Fsp3) is 0.667. The highest BCUT2D eigenvalue weighted by Gasteiger charge is 2.26. The molecule has 1 aromatic rings. The Kier molecular flexibility index (Phi) is 5.49. The quantitative estimate of drug-likeness (QED) is 0.919. The maximum absolute atomic E-state index is 12.6. The summed E-state index contributed by atoms with van der Waals surface area (Å²) < 4.78 is 0. The van der Waals surface area contributed by atoms with Crippen LogP contribution in [0.15, 0.2) is 24.4 Å². The first-order valence-electron chi connectivity index (χ1n) is 8.88. The number of amides is 1. The van der Waals surface area contributed by atoms with Crippen molar-refractivity contribution in [2.45, 2.75) is 26.2 Å². The molecule has 2 aliphatic heterocycles. The van der Waals surface area contributed by atoms with Crippen LogP contribution in [0.2, 0.25) is 0 Å². The Morgan fingerprint density at radius 1 is 1.35 bits per heavy atom. The highest BCUT2D eigenvalue weighted by atomic mass is 16.2. The van der Waals surface area contributed by atoms with Crippen molar-refractivity contribution in [3.05, 3.63) is 24.4 Å². The normalized spacial score (nSPS) is 23.6. The third-order valence-electron chi connectivity index (χ3n) is 5.24. The maximum atomic E-state index is 12.6. The first kappa shape index (κ1) is 16.2. The Labute approximate surface area is 139 Å². The predicted octanol–water partition coefficient (Wildman–Crippen LogP) is 1.76. The Hall–Kier alpha value is -1.62. The van der Waals surface area contributed by atoms with Crippen LogP contribution in [0.1, 0.15) is 26.2 Å². The number of carbonyl (C=O) groups is 1. The summed E-state index contributed by atoms with van der Waals surface area (Å²) >= 11 is 0. The number of aromatic nitrogens is 1. The van der Waals surface area contributed by atoms with Crippen LogP contribution in [-0.2, 0) is 4.79 Å². The second-order valence-electron chi connectivity index (χ2n) is 6.84. The van der Waals surface area contributed by atoms with Crippen LogP contribution in [0.3, 0.4) is 0 Å². The number of pyridine rings is 1. The van der Waals surface area contributed by atoms with E-state index in [1.54, 1.807) is 0 Å². The first-order valence-corrected chi connectivity index (χ1v) is 8.88. The molecule has 2 saturated heterocycles. The third-order valence-corrected chi connectivity index (χ3v) is 5.24. The number of nitrogens with one attached hydrogen (secondary N) is 1. The zero-order chi connectivity index (χ0) is 16.1. The van der Waals surface area contributed by atoms with E-state index in [0.717, 1.165) is 45.1 Å². The van der Waals surface area contributed by atoms with Crippen LogP contribution in [0, 0.1) is 11.8 Å². The van der Waals surface area contributed by atoms with Gasteiger partial charge in [-0.2, -0.15) is 0 Å². The molecule has 23 heavy (non-hydrogen) atoms. The van der Waals surface area contributed by atoms with Crippen LogP contribution >= 0.6 is 0 Å². The van der Waals surface area contributed by atoms with Gasteiger partial charge in [0.25, 0.3) is 0 Å². The van der Waals surface area contributed by atoms with Crippen molar-refractivity contribution in [2.24, 2.45) is 11.8 Å². The summed E-state index contributed by atoms with van der Waals surface area (Å²) in [4.78, 5) is 21.3. The number of piperazine rings is 1. The van der Waals surface area contributed by atoms with Crippen LogP contribution in [0.25, 0.3) is 0 Å². The van der Waals surface area contributed by atoms with Gasteiger partial charge in [0.1, 0.15) is 5.82 Å². The Bertz CT molecular complexity index is 493. The third kappa shape index (κ3) is 4.22. The molecule has 3 heterocycles. The molecule has 1 amide bonds. The summed E-state index contributed by atoms with van der Waals surface area (Å²) in [5.41, 5.74) is 0. The number of carbonyl (C=O) groups excluding carboxylic acids is 1. The molecule has 0 spiro atoms. The molecule has 126 valence electrons. The number of piperidine rings is 1. The highest BCUT2D eigenvalue weighted by molar-refractivity contribution is 5.76. The van der Waals surface area contributed by atoms with E-state index >= 15 is 0 Å². The van der Waals surface area contributed by atoms with E-state index in [0.29, 0.717) is 24.2 Å². The number of hydrogen-bond acceptors (Lipinski definition) is 4. The molecule has 0 saturated carbocycles. The fourth-order valence-corrected chi connectivity index (χ4v) is 3.66. The van der Waals surface area contributed by atoms with Gasteiger partial charge in [0.05, 0.1) is 0 Å². The average Bonchev–Trinajstić information content (AvgIpc) is 2.63. The minimum absolute atomic E-state index is 0.323. The van der Waals surface area contributed by atoms with Gasteiger partial charge in [-0.15, -0.1) is 0 Å². The van der Waals surface area contributed by atoms with E-state index in [1.807, 2.05) is 29.3 Å². The molecule has 5 heteroatoms. The van der Waals surface area contributed by atoms with Gasteiger partial charge in [-0.3, -0.25) is 4.79 Å². The highest BCUT2D eigenvalue weighted by Crippen LogP contribution is 2.23. The lowest BCUT2D eigenvalue weighted by Crippen LogP contribution is -2.49. The van der Waals surface area contributed by atoms with Crippen molar-refractivity contribution in [1.29, 1.82) is 0 Å². The lowest BCUT2D eigenvalue weighted by Gasteiger charge is -2.36. The van der Waals surface area contributed by atoms with E-state index < -0.39 is 0 Å². The van der Waals surface area contributed by atoms with Gasteiger partial charge in [0, 0.05) is 38.8 Å². The largest absolute Gasteiger partial charge is 0.353 e. The van der Waals surface area contributed by atoms with E-state index in [2.05, 4.69) is 22.1 Å². The molecule has 2 unspecified atom stereocenters. The number of rotatable bonds is 4. The van der Waals surface area contributed by atoms with E-state index in [9.17, 15) is 4.79 Å². The van der Waals surface area contributed by atoms with Crippen molar-refractivity contribution < 1.29 is 4.79 Å². The monoisotopic (exact) mass is 316 g/mol. The van der Waals surface area contributed by atoms with Crippen LogP contribution in [0.5, 0.6) is 0 Å². The summed E-state index contributed by atoms with van der Waals surface area (Å²) in [7, 11) is 0. The fourth-order valence-electron chi connectivity index (χ4n) is 3.66. The number of anilines is 1. The van der Waals surface area contributed by atoms with Crippen molar-refractivity contribution in [2.75, 3.05) is 44.2 Å². The number of nitrogens with zero attached hydrogens (tertiary/aromatic N) is 3. The molecule has 0 aliphatic carbocycles. The molecular weight excluding hydrogens is 288 g/mol. The lowest BCUT2D eigenvalue weighted by atomic mass is 9.85. The minimum Gasteiger partial charge on any atom is -0.353 e. The van der Waals surface area contributed by atoms with Gasteiger partial charge in [-0.25, -0.2) is 4.98 Å². The topological polar surface area (TPSA) is 48.5 Å². The molecule has 3 rings (SSSR count). The molecule has 0 radical (unpaired) electrons. The molecular formula is C18H28N4O. The molecule has 2 fully saturated rings. The molecule has 0 bridgehead atoms. The Balaban J connectivity index is 1.46. The zero-order valence-electron chi connectivity index (χ0n) is 14.1. The van der Waals surface area contributed by atoms with Gasteiger partial charge >= 0.3 is 0 Å². The lowest BCUT2D eigenvalue weighted by molar-refractivity contribution is -0.132. The zero-order valence-corrected chi connectivity index (χ0v) is 14.1. The van der Waals surface area contributed by atoms with E-state index in [1.165, 1.54) is 12.8 Å². The maximum Gasteiger partial charge on any atom is 0.222 e. The molecule has 2 atom stereocenters. The average molecular weight is 316 g/mol. The standard InChI is InChI=1S/C18H28N4O/c1-15(16-5-4-7-19-14-16)13-18(23)22-11-9-21(10-12-22)17-6-2-3-8-20-17/h2-3,6,8,15-16,19H,4-5,7,9-14H2,1H3. The van der Waals surface area contributed by atoms with Crippen LogP contribution < -0.4 is 10.2 Å². The molecule has 0 aromatic carbocycles. The Morgan fingerprint density at radius 3 is 2.83 bits per heavy atom. The molecule has 5 nitrogen and oxygen atoms in total. The predicted molar refractivity (Wildman–Crippen MR) is 92.4 cm³/mol. The van der Waals surface area contributed by atoms with Crippen molar-refractivity contribution in [3.8, 4) is 0 Å². The Morgan fingerprint density at radius 2 is 2.17 bits per heavy atom. The van der Waals surface area contributed by atoms with E-state index in [4.69, 9.17) is 0 Å². The summed E-state index contributed by atoms with van der Waals surface area (Å²) in [6.45, 7) is 7.81. The molecule has 1 N–H and O–H groups in total. The van der Waals surface area contributed by atoms with Gasteiger partial charge in [-0.05, 0) is 49.9 Å². The second-order valence-corrected chi connectivity index (χ2v) is 6.84. The molecule has 2 aliphatic rings. The molecule has 1 aromatic heterocycles.